The lowest BCUT2D eigenvalue weighted by Crippen LogP contribution is -2.08. The number of ether oxygens (including phenoxy) is 2. The van der Waals surface area contributed by atoms with Gasteiger partial charge in [0.2, 0.25) is 0 Å². The minimum Gasteiger partial charge on any atom is -0.497 e. The van der Waals surface area contributed by atoms with Gasteiger partial charge in [0.1, 0.15) is 5.75 Å². The van der Waals surface area contributed by atoms with Crippen molar-refractivity contribution >= 4 is 17.1 Å². The number of rotatable bonds is 9. The molecule has 0 aliphatic rings. The molecule has 0 saturated heterocycles. The standard InChI is InChI=1S/C26H30O3S/c1-17(2)26(25-13-12-24(30-25)19(4)27)21-9-6-18(3)22(14-21)16-29-15-20-7-10-23(28-5)11-8-20/h6-14,17,26H,15-16H2,1-5H3/t26-/m1/s1. The summed E-state index contributed by atoms with van der Waals surface area (Å²) in [6.07, 6.45) is 0. The molecular weight excluding hydrogens is 392 g/mol. The highest BCUT2D eigenvalue weighted by Crippen LogP contribution is 2.37. The van der Waals surface area contributed by atoms with E-state index in [0.29, 0.717) is 19.1 Å². The first-order chi connectivity index (χ1) is 14.4. The van der Waals surface area contributed by atoms with Crippen LogP contribution in [0.5, 0.6) is 5.75 Å². The van der Waals surface area contributed by atoms with E-state index in [1.165, 1.54) is 21.6 Å². The van der Waals surface area contributed by atoms with Crippen LogP contribution in [-0.4, -0.2) is 12.9 Å². The van der Waals surface area contributed by atoms with E-state index in [4.69, 9.17) is 9.47 Å². The SMILES string of the molecule is COc1ccc(COCc2cc([C@H](c3ccc(C(C)=O)s3)C(C)C)ccc2C)cc1. The van der Waals surface area contributed by atoms with Crippen LogP contribution in [0.15, 0.2) is 54.6 Å². The fourth-order valence-corrected chi connectivity index (χ4v) is 4.83. The quantitative estimate of drug-likeness (QED) is 0.357. The van der Waals surface area contributed by atoms with E-state index in [2.05, 4.69) is 45.0 Å². The molecule has 1 aromatic heterocycles. The summed E-state index contributed by atoms with van der Waals surface area (Å²) < 4.78 is 11.2. The Bertz CT molecular complexity index is 986. The van der Waals surface area contributed by atoms with Gasteiger partial charge in [-0.05, 0) is 66.3 Å². The van der Waals surface area contributed by atoms with Gasteiger partial charge in [0.25, 0.3) is 0 Å². The molecule has 0 saturated carbocycles. The van der Waals surface area contributed by atoms with Crippen molar-refractivity contribution in [3.8, 4) is 5.75 Å². The summed E-state index contributed by atoms with van der Waals surface area (Å²) in [6, 6.07) is 18.7. The van der Waals surface area contributed by atoms with Crippen molar-refractivity contribution in [1.82, 2.24) is 0 Å². The average molecular weight is 423 g/mol. The second kappa shape index (κ2) is 10.1. The zero-order valence-electron chi connectivity index (χ0n) is 18.4. The van der Waals surface area contributed by atoms with Crippen molar-refractivity contribution in [1.29, 1.82) is 0 Å². The number of hydrogen-bond donors (Lipinski definition) is 0. The van der Waals surface area contributed by atoms with Crippen molar-refractivity contribution in [3.05, 3.63) is 86.6 Å². The molecule has 0 bridgehead atoms. The van der Waals surface area contributed by atoms with E-state index in [1.54, 1.807) is 25.4 Å². The molecule has 1 heterocycles. The molecule has 0 spiro atoms. The third-order valence-corrected chi connectivity index (χ3v) is 6.63. The van der Waals surface area contributed by atoms with Crippen LogP contribution in [0, 0.1) is 12.8 Å². The summed E-state index contributed by atoms with van der Waals surface area (Å²) in [4.78, 5) is 13.8. The molecule has 0 amide bonds. The number of aryl methyl sites for hydroxylation is 1. The molecule has 3 nitrogen and oxygen atoms in total. The highest BCUT2D eigenvalue weighted by atomic mass is 32.1. The molecule has 2 aromatic carbocycles. The van der Waals surface area contributed by atoms with Crippen molar-refractivity contribution in [2.75, 3.05) is 7.11 Å². The average Bonchev–Trinajstić information content (AvgIpc) is 3.20. The van der Waals surface area contributed by atoms with Gasteiger partial charge in [0, 0.05) is 10.8 Å². The lowest BCUT2D eigenvalue weighted by Gasteiger charge is -2.22. The van der Waals surface area contributed by atoms with Gasteiger partial charge in [-0.3, -0.25) is 4.79 Å². The zero-order valence-corrected chi connectivity index (χ0v) is 19.2. The van der Waals surface area contributed by atoms with Crippen LogP contribution in [0.3, 0.4) is 0 Å². The smallest absolute Gasteiger partial charge is 0.169 e. The molecule has 3 aromatic rings. The predicted molar refractivity (Wildman–Crippen MR) is 124 cm³/mol. The van der Waals surface area contributed by atoms with Gasteiger partial charge in [0.15, 0.2) is 5.78 Å². The van der Waals surface area contributed by atoms with Crippen LogP contribution < -0.4 is 4.74 Å². The molecule has 3 rings (SSSR count). The van der Waals surface area contributed by atoms with Gasteiger partial charge in [0.05, 0.1) is 25.2 Å². The number of carbonyl (C=O) groups excluding carboxylic acids is 1. The first-order valence-electron chi connectivity index (χ1n) is 10.3. The highest BCUT2D eigenvalue weighted by molar-refractivity contribution is 7.14. The Labute approximate surface area is 183 Å². The molecule has 0 N–H and O–H groups in total. The predicted octanol–water partition coefficient (Wildman–Crippen LogP) is 6.77. The number of ketones is 1. The second-order valence-corrected chi connectivity index (χ2v) is 9.12. The normalized spacial score (nSPS) is 12.2. The van der Waals surface area contributed by atoms with Gasteiger partial charge in [-0.1, -0.05) is 44.2 Å². The van der Waals surface area contributed by atoms with E-state index in [1.807, 2.05) is 30.3 Å². The lowest BCUT2D eigenvalue weighted by molar-refractivity contribution is 0.102. The van der Waals surface area contributed by atoms with Crippen LogP contribution in [0.2, 0.25) is 0 Å². The van der Waals surface area contributed by atoms with Gasteiger partial charge in [-0.15, -0.1) is 11.3 Å². The van der Waals surface area contributed by atoms with E-state index in [9.17, 15) is 4.79 Å². The fraction of sp³-hybridized carbons (Fsp3) is 0.346. The van der Waals surface area contributed by atoms with Crippen LogP contribution in [0.25, 0.3) is 0 Å². The van der Waals surface area contributed by atoms with Crippen molar-refractivity contribution < 1.29 is 14.3 Å². The second-order valence-electron chi connectivity index (χ2n) is 8.01. The Morgan fingerprint density at radius 1 is 1.00 bits per heavy atom. The fourth-order valence-electron chi connectivity index (χ4n) is 3.63. The van der Waals surface area contributed by atoms with Crippen molar-refractivity contribution in [2.24, 2.45) is 5.92 Å². The maximum atomic E-state index is 11.7. The molecule has 0 radical (unpaired) electrons. The van der Waals surface area contributed by atoms with Gasteiger partial charge in [-0.2, -0.15) is 0 Å². The lowest BCUT2D eigenvalue weighted by atomic mass is 9.86. The first-order valence-corrected chi connectivity index (χ1v) is 11.1. The van der Waals surface area contributed by atoms with Crippen molar-refractivity contribution in [2.45, 2.75) is 46.8 Å². The number of benzene rings is 2. The highest BCUT2D eigenvalue weighted by Gasteiger charge is 2.21. The Balaban J connectivity index is 1.75. The van der Waals surface area contributed by atoms with Crippen LogP contribution >= 0.6 is 11.3 Å². The number of Topliss-reactive ketones (excluding diaryl/α,β-unsaturated/α-hetero) is 1. The topological polar surface area (TPSA) is 35.5 Å². The Morgan fingerprint density at radius 3 is 2.33 bits per heavy atom. The van der Waals surface area contributed by atoms with Crippen LogP contribution in [0.1, 0.15) is 63.5 Å². The first kappa shape index (κ1) is 22.3. The summed E-state index contributed by atoms with van der Waals surface area (Å²) in [6.45, 7) is 9.35. The van der Waals surface area contributed by atoms with E-state index in [0.717, 1.165) is 16.2 Å². The molecule has 0 aliphatic carbocycles. The minimum absolute atomic E-state index is 0.130. The number of thiophene rings is 1. The number of methoxy groups -OCH3 is 1. The Morgan fingerprint density at radius 2 is 1.73 bits per heavy atom. The summed E-state index contributed by atoms with van der Waals surface area (Å²) in [7, 11) is 1.67. The molecule has 30 heavy (non-hydrogen) atoms. The summed E-state index contributed by atoms with van der Waals surface area (Å²) in [5.74, 6) is 1.68. The van der Waals surface area contributed by atoms with Crippen molar-refractivity contribution in [3.63, 3.8) is 0 Å². The Hall–Kier alpha value is -2.43. The van der Waals surface area contributed by atoms with E-state index in [-0.39, 0.29) is 11.7 Å². The molecule has 158 valence electrons. The molecule has 0 aliphatic heterocycles. The van der Waals surface area contributed by atoms with Crippen LogP contribution in [-0.2, 0) is 18.0 Å². The maximum absolute atomic E-state index is 11.7. The van der Waals surface area contributed by atoms with E-state index < -0.39 is 0 Å². The minimum atomic E-state index is 0.130. The molecule has 1 atom stereocenters. The molecule has 0 unspecified atom stereocenters. The zero-order chi connectivity index (χ0) is 21.7. The van der Waals surface area contributed by atoms with Gasteiger partial charge in [-0.25, -0.2) is 0 Å². The number of carbonyl (C=O) groups is 1. The Kier molecular flexibility index (Phi) is 7.46. The van der Waals surface area contributed by atoms with Gasteiger partial charge < -0.3 is 9.47 Å². The third kappa shape index (κ3) is 5.38. The third-order valence-electron chi connectivity index (χ3n) is 5.36. The monoisotopic (exact) mass is 422 g/mol. The largest absolute Gasteiger partial charge is 0.497 e. The molecule has 4 heteroatoms. The summed E-state index contributed by atoms with van der Waals surface area (Å²) in [5, 5.41) is 0. The van der Waals surface area contributed by atoms with Gasteiger partial charge >= 0.3 is 0 Å². The molecular formula is C26H30O3S. The number of hydrogen-bond acceptors (Lipinski definition) is 4. The van der Waals surface area contributed by atoms with Crippen LogP contribution in [0.4, 0.5) is 0 Å². The summed E-state index contributed by atoms with van der Waals surface area (Å²) in [5.41, 5.74) is 4.83. The summed E-state index contributed by atoms with van der Waals surface area (Å²) >= 11 is 1.61. The molecule has 0 fully saturated rings. The van der Waals surface area contributed by atoms with E-state index >= 15 is 0 Å². The maximum Gasteiger partial charge on any atom is 0.169 e.